The summed E-state index contributed by atoms with van der Waals surface area (Å²) in [4.78, 5) is 23.9. The van der Waals surface area contributed by atoms with Crippen LogP contribution < -0.4 is 15.6 Å². The Balaban J connectivity index is 2.22. The van der Waals surface area contributed by atoms with Crippen molar-refractivity contribution in [3.63, 3.8) is 0 Å². The second-order valence-electron chi connectivity index (χ2n) is 5.30. The molecule has 1 aliphatic heterocycles. The zero-order valence-corrected chi connectivity index (χ0v) is 14.0. The van der Waals surface area contributed by atoms with Gasteiger partial charge < -0.3 is 10.1 Å². The Kier molecular flexibility index (Phi) is 4.06. The number of halogens is 4. The van der Waals surface area contributed by atoms with Crippen LogP contribution in [-0.4, -0.2) is 21.4 Å². The highest BCUT2D eigenvalue weighted by molar-refractivity contribution is 6.32. The van der Waals surface area contributed by atoms with E-state index in [1.807, 2.05) is 5.32 Å². The molecule has 0 bridgehead atoms. The molecule has 1 aliphatic rings. The Morgan fingerprint density at radius 3 is 2.40 bits per heavy atom. The van der Waals surface area contributed by atoms with Crippen molar-refractivity contribution < 1.29 is 22.7 Å². The normalized spacial score (nSPS) is 15.5. The van der Waals surface area contributed by atoms with E-state index in [1.54, 1.807) is 13.8 Å². The lowest BCUT2D eigenvalue weighted by Crippen LogP contribution is -2.43. The number of hydrogen-bond acceptors (Lipinski definition) is 3. The molecule has 1 amide bonds. The predicted octanol–water partition coefficient (Wildman–Crippen LogP) is 3.07. The zero-order chi connectivity index (χ0) is 18.5. The fraction of sp³-hybridized carbons (Fsp3) is 0.333. The van der Waals surface area contributed by atoms with Crippen molar-refractivity contribution in [1.82, 2.24) is 9.36 Å². The van der Waals surface area contributed by atoms with Gasteiger partial charge in [0.1, 0.15) is 11.0 Å². The van der Waals surface area contributed by atoms with Gasteiger partial charge in [0.2, 0.25) is 0 Å². The van der Waals surface area contributed by atoms with Gasteiger partial charge in [0.05, 0.1) is 11.3 Å². The van der Waals surface area contributed by atoms with Crippen molar-refractivity contribution in [2.45, 2.75) is 33.0 Å². The van der Waals surface area contributed by atoms with E-state index in [9.17, 15) is 22.8 Å². The molecule has 0 aliphatic carbocycles. The molecule has 0 spiro atoms. The minimum atomic E-state index is -4.10. The first-order valence-corrected chi connectivity index (χ1v) is 7.80. The number of benzene rings is 1. The highest BCUT2D eigenvalue weighted by Gasteiger charge is 2.46. The lowest BCUT2D eigenvalue weighted by atomic mass is 10.1. The summed E-state index contributed by atoms with van der Waals surface area (Å²) >= 11 is 6.21. The average Bonchev–Trinajstić information content (AvgIpc) is 2.78. The largest absolute Gasteiger partial charge is 0.482 e. The van der Waals surface area contributed by atoms with Crippen LogP contribution in [0.3, 0.4) is 0 Å². The molecule has 0 fully saturated rings. The molecule has 1 N–H and O–H groups in total. The van der Waals surface area contributed by atoms with Crippen LogP contribution in [0, 0.1) is 5.82 Å². The van der Waals surface area contributed by atoms with Crippen molar-refractivity contribution in [3.8, 4) is 16.9 Å². The van der Waals surface area contributed by atoms with Crippen molar-refractivity contribution >= 4 is 23.2 Å². The van der Waals surface area contributed by atoms with Crippen LogP contribution in [0.5, 0.6) is 5.75 Å². The van der Waals surface area contributed by atoms with Crippen molar-refractivity contribution in [1.29, 1.82) is 0 Å². The SMILES string of the molecule is CCn1c(Cl)c(-c2cc3c(cc2F)OC(F)(F)C(=O)N3)c(=O)n1CC. The summed E-state index contributed by atoms with van der Waals surface area (Å²) in [5, 5.41) is 1.95. The summed E-state index contributed by atoms with van der Waals surface area (Å²) in [6.45, 7) is 4.18. The van der Waals surface area contributed by atoms with Crippen molar-refractivity contribution in [2.24, 2.45) is 0 Å². The topological polar surface area (TPSA) is 65.3 Å². The molecule has 3 rings (SSSR count). The van der Waals surface area contributed by atoms with Gasteiger partial charge in [-0.05, 0) is 19.9 Å². The maximum atomic E-state index is 14.5. The average molecular weight is 376 g/mol. The first kappa shape index (κ1) is 17.4. The third-order valence-electron chi connectivity index (χ3n) is 3.86. The molecule has 0 saturated carbocycles. The lowest BCUT2D eigenvalue weighted by molar-refractivity contribution is -0.189. The van der Waals surface area contributed by atoms with Crippen molar-refractivity contribution in [3.05, 3.63) is 33.5 Å². The number of aromatic nitrogens is 2. The van der Waals surface area contributed by atoms with Gasteiger partial charge in [-0.2, -0.15) is 8.78 Å². The van der Waals surface area contributed by atoms with Crippen LogP contribution in [0.4, 0.5) is 18.9 Å². The van der Waals surface area contributed by atoms with Crippen LogP contribution in [0.1, 0.15) is 13.8 Å². The first-order chi connectivity index (χ1) is 11.7. The number of nitrogens with one attached hydrogen (secondary N) is 1. The third kappa shape index (κ3) is 2.58. The molecule has 0 atom stereocenters. The molecule has 6 nitrogen and oxygen atoms in total. The number of hydrogen-bond donors (Lipinski definition) is 1. The number of ether oxygens (including phenoxy) is 1. The van der Waals surface area contributed by atoms with Gasteiger partial charge in [0.25, 0.3) is 5.56 Å². The second kappa shape index (κ2) is 5.83. The summed E-state index contributed by atoms with van der Waals surface area (Å²) in [5.41, 5.74) is -1.02. The Morgan fingerprint density at radius 2 is 1.84 bits per heavy atom. The summed E-state index contributed by atoms with van der Waals surface area (Å²) in [6.07, 6.45) is -4.10. The Labute approximate surface area is 144 Å². The minimum Gasteiger partial charge on any atom is -0.423 e. The number of amides is 1. The summed E-state index contributed by atoms with van der Waals surface area (Å²) < 4.78 is 48.0. The maximum Gasteiger partial charge on any atom is 0.482 e. The number of alkyl halides is 2. The molecule has 10 heteroatoms. The number of rotatable bonds is 3. The van der Waals surface area contributed by atoms with Gasteiger partial charge in [0.15, 0.2) is 5.75 Å². The van der Waals surface area contributed by atoms with Gasteiger partial charge in [-0.15, -0.1) is 0 Å². The van der Waals surface area contributed by atoms with Gasteiger partial charge in [0, 0.05) is 24.7 Å². The molecule has 0 unspecified atom stereocenters. The van der Waals surface area contributed by atoms with Gasteiger partial charge in [-0.1, -0.05) is 11.6 Å². The second-order valence-corrected chi connectivity index (χ2v) is 5.66. The van der Waals surface area contributed by atoms with Gasteiger partial charge >= 0.3 is 12.0 Å². The van der Waals surface area contributed by atoms with E-state index in [-0.39, 0.29) is 22.0 Å². The molecule has 2 aromatic rings. The monoisotopic (exact) mass is 375 g/mol. The molecular formula is C15H13ClF3N3O3. The summed E-state index contributed by atoms with van der Waals surface area (Å²) in [5.74, 6) is -3.19. The third-order valence-corrected chi connectivity index (χ3v) is 4.25. The van der Waals surface area contributed by atoms with Gasteiger partial charge in [-0.3, -0.25) is 14.3 Å². The zero-order valence-electron chi connectivity index (χ0n) is 13.2. The van der Waals surface area contributed by atoms with E-state index in [0.717, 1.165) is 6.07 Å². The number of fused-ring (bicyclic) bond motifs is 1. The van der Waals surface area contributed by atoms with Crippen molar-refractivity contribution in [2.75, 3.05) is 5.32 Å². The molecule has 2 heterocycles. The Bertz CT molecular complexity index is 936. The molecular weight excluding hydrogens is 363 g/mol. The van der Waals surface area contributed by atoms with Crippen LogP contribution in [0.25, 0.3) is 11.1 Å². The van der Waals surface area contributed by atoms with Gasteiger partial charge in [-0.25, -0.2) is 9.07 Å². The smallest absolute Gasteiger partial charge is 0.423 e. The van der Waals surface area contributed by atoms with Crippen LogP contribution in [-0.2, 0) is 17.9 Å². The highest BCUT2D eigenvalue weighted by Crippen LogP contribution is 2.40. The Morgan fingerprint density at radius 1 is 1.20 bits per heavy atom. The number of anilines is 1. The van der Waals surface area contributed by atoms with E-state index in [0.29, 0.717) is 19.2 Å². The van der Waals surface area contributed by atoms with E-state index >= 15 is 0 Å². The fourth-order valence-electron chi connectivity index (χ4n) is 2.72. The number of nitrogens with zero attached hydrogens (tertiary/aromatic N) is 2. The molecule has 0 saturated heterocycles. The maximum absolute atomic E-state index is 14.5. The van der Waals surface area contributed by atoms with Crippen LogP contribution >= 0.6 is 11.6 Å². The Hall–Kier alpha value is -2.42. The van der Waals surface area contributed by atoms with E-state index in [4.69, 9.17) is 11.6 Å². The molecule has 1 aromatic heterocycles. The van der Waals surface area contributed by atoms with Crippen LogP contribution in [0.2, 0.25) is 5.15 Å². The van der Waals surface area contributed by atoms with E-state index in [2.05, 4.69) is 4.74 Å². The molecule has 25 heavy (non-hydrogen) atoms. The molecule has 134 valence electrons. The standard InChI is InChI=1S/C15H13ClF3N3O3/c1-3-21-12(16)11(13(23)22(21)4-2)7-5-9-10(6-8(7)17)25-15(18,19)14(24)20-9/h5-6H,3-4H2,1-2H3,(H,20,24). The van der Waals surface area contributed by atoms with E-state index in [1.165, 1.54) is 9.36 Å². The number of carbonyl (C=O) groups excluding carboxylic acids is 1. The summed E-state index contributed by atoms with van der Waals surface area (Å²) in [7, 11) is 0. The molecule has 0 radical (unpaired) electrons. The summed E-state index contributed by atoms with van der Waals surface area (Å²) in [6, 6.07) is 1.74. The molecule has 1 aromatic carbocycles. The quantitative estimate of drug-likeness (QED) is 0.896. The van der Waals surface area contributed by atoms with E-state index < -0.39 is 29.1 Å². The van der Waals surface area contributed by atoms with Crippen LogP contribution in [0.15, 0.2) is 16.9 Å². The minimum absolute atomic E-state index is 0.0154. The predicted molar refractivity (Wildman–Crippen MR) is 84.6 cm³/mol. The fourth-order valence-corrected chi connectivity index (χ4v) is 3.11. The highest BCUT2D eigenvalue weighted by atomic mass is 35.5. The lowest BCUT2D eigenvalue weighted by Gasteiger charge is -2.25. The number of carbonyl (C=O) groups is 1. The first-order valence-electron chi connectivity index (χ1n) is 7.42.